The molecule has 18 heavy (non-hydrogen) atoms. The number of likely N-dealkylation sites (N-methyl/N-ethyl adjacent to an activating group) is 1. The Balaban J connectivity index is 1.98. The van der Waals surface area contributed by atoms with Crippen LogP contribution >= 0.6 is 0 Å². The van der Waals surface area contributed by atoms with Crippen LogP contribution in [0.1, 0.15) is 6.92 Å². The number of piperazine rings is 1. The SMILES string of the molecule is C=CCNc1cnnc(N2CCN(CC)CC2)n1. The van der Waals surface area contributed by atoms with Crippen LogP contribution in [0, 0.1) is 0 Å². The van der Waals surface area contributed by atoms with Crippen LogP contribution in [0.2, 0.25) is 0 Å². The summed E-state index contributed by atoms with van der Waals surface area (Å²) >= 11 is 0. The normalized spacial score (nSPS) is 16.6. The molecular weight excluding hydrogens is 228 g/mol. The second kappa shape index (κ2) is 6.30. The summed E-state index contributed by atoms with van der Waals surface area (Å²) < 4.78 is 0. The van der Waals surface area contributed by atoms with Crippen molar-refractivity contribution in [1.82, 2.24) is 20.1 Å². The van der Waals surface area contributed by atoms with Gasteiger partial charge in [0.1, 0.15) is 0 Å². The van der Waals surface area contributed by atoms with Gasteiger partial charge in [-0.15, -0.1) is 11.7 Å². The molecule has 1 aliphatic heterocycles. The molecule has 1 fully saturated rings. The van der Waals surface area contributed by atoms with Gasteiger partial charge >= 0.3 is 0 Å². The van der Waals surface area contributed by atoms with Crippen LogP contribution in [0.25, 0.3) is 0 Å². The third-order valence-electron chi connectivity index (χ3n) is 3.08. The highest BCUT2D eigenvalue weighted by Crippen LogP contribution is 2.11. The van der Waals surface area contributed by atoms with E-state index in [9.17, 15) is 0 Å². The Kier molecular flexibility index (Phi) is 4.46. The highest BCUT2D eigenvalue weighted by molar-refractivity contribution is 5.39. The Bertz CT molecular complexity index is 386. The summed E-state index contributed by atoms with van der Waals surface area (Å²) in [5, 5.41) is 11.2. The van der Waals surface area contributed by atoms with Crippen molar-refractivity contribution in [1.29, 1.82) is 0 Å². The first kappa shape index (κ1) is 12.8. The summed E-state index contributed by atoms with van der Waals surface area (Å²) in [4.78, 5) is 9.06. The first-order chi connectivity index (χ1) is 8.83. The third-order valence-corrected chi connectivity index (χ3v) is 3.08. The molecule has 0 spiro atoms. The predicted octanol–water partition coefficient (Wildman–Crippen LogP) is 0.611. The molecule has 0 unspecified atom stereocenters. The molecule has 0 amide bonds. The zero-order valence-electron chi connectivity index (χ0n) is 10.8. The maximum absolute atomic E-state index is 4.46. The van der Waals surface area contributed by atoms with Gasteiger partial charge in [-0.1, -0.05) is 13.0 Å². The van der Waals surface area contributed by atoms with Crippen LogP contribution in [0.5, 0.6) is 0 Å². The number of nitrogens with one attached hydrogen (secondary N) is 1. The topological polar surface area (TPSA) is 57.2 Å². The summed E-state index contributed by atoms with van der Waals surface area (Å²) in [6.45, 7) is 11.7. The van der Waals surface area contributed by atoms with E-state index < -0.39 is 0 Å². The van der Waals surface area contributed by atoms with Crippen LogP contribution in [0.15, 0.2) is 18.9 Å². The molecule has 6 heteroatoms. The number of rotatable bonds is 5. The average Bonchev–Trinajstić information content (AvgIpc) is 2.45. The van der Waals surface area contributed by atoms with Crippen molar-refractivity contribution >= 4 is 11.8 Å². The van der Waals surface area contributed by atoms with Gasteiger partial charge in [-0.2, -0.15) is 10.1 Å². The molecule has 1 saturated heterocycles. The second-order valence-corrected chi connectivity index (χ2v) is 4.23. The molecule has 2 heterocycles. The first-order valence-electron chi connectivity index (χ1n) is 6.35. The Morgan fingerprint density at radius 2 is 2.17 bits per heavy atom. The molecule has 1 aromatic heterocycles. The van der Waals surface area contributed by atoms with Gasteiger partial charge in [0.15, 0.2) is 5.82 Å². The van der Waals surface area contributed by atoms with Crippen LogP contribution in [0.4, 0.5) is 11.8 Å². The molecule has 0 radical (unpaired) electrons. The Hall–Kier alpha value is -1.69. The van der Waals surface area contributed by atoms with E-state index in [4.69, 9.17) is 0 Å². The molecule has 0 aliphatic carbocycles. The lowest BCUT2D eigenvalue weighted by atomic mass is 10.3. The van der Waals surface area contributed by atoms with Crippen molar-refractivity contribution in [3.8, 4) is 0 Å². The lowest BCUT2D eigenvalue weighted by Gasteiger charge is -2.33. The Labute approximate surface area is 108 Å². The molecule has 98 valence electrons. The van der Waals surface area contributed by atoms with Crippen molar-refractivity contribution in [2.24, 2.45) is 0 Å². The predicted molar refractivity (Wildman–Crippen MR) is 72.8 cm³/mol. The van der Waals surface area contributed by atoms with Gasteiger partial charge < -0.3 is 15.1 Å². The summed E-state index contributed by atoms with van der Waals surface area (Å²) in [5.41, 5.74) is 0. The fourth-order valence-electron chi connectivity index (χ4n) is 1.95. The average molecular weight is 248 g/mol. The minimum absolute atomic E-state index is 0.682. The number of anilines is 2. The van der Waals surface area contributed by atoms with Gasteiger partial charge in [0.25, 0.3) is 0 Å². The van der Waals surface area contributed by atoms with Crippen LogP contribution < -0.4 is 10.2 Å². The van der Waals surface area contributed by atoms with E-state index in [1.807, 2.05) is 0 Å². The highest BCUT2D eigenvalue weighted by atomic mass is 15.4. The van der Waals surface area contributed by atoms with Gasteiger partial charge in [-0.3, -0.25) is 0 Å². The summed E-state index contributed by atoms with van der Waals surface area (Å²) in [6.07, 6.45) is 3.43. The first-order valence-corrected chi connectivity index (χ1v) is 6.35. The van der Waals surface area contributed by atoms with E-state index >= 15 is 0 Å². The summed E-state index contributed by atoms with van der Waals surface area (Å²) in [7, 11) is 0. The monoisotopic (exact) mass is 248 g/mol. The molecular formula is C12H20N6. The maximum atomic E-state index is 4.46. The molecule has 2 rings (SSSR count). The van der Waals surface area contributed by atoms with Crippen molar-refractivity contribution in [2.75, 3.05) is 49.5 Å². The molecule has 1 aromatic rings. The van der Waals surface area contributed by atoms with Crippen molar-refractivity contribution in [3.05, 3.63) is 18.9 Å². The lowest BCUT2D eigenvalue weighted by Crippen LogP contribution is -2.46. The maximum Gasteiger partial charge on any atom is 0.247 e. The summed E-state index contributed by atoms with van der Waals surface area (Å²) in [5.74, 6) is 1.46. The van der Waals surface area contributed by atoms with Crippen molar-refractivity contribution in [2.45, 2.75) is 6.92 Å². The standard InChI is InChI=1S/C12H20N6/c1-3-5-13-11-10-14-16-12(15-11)18-8-6-17(4-2)7-9-18/h3,10H,1,4-9H2,2H3,(H,13,15,16). The number of aromatic nitrogens is 3. The smallest absolute Gasteiger partial charge is 0.247 e. The molecule has 1 aliphatic rings. The fraction of sp³-hybridized carbons (Fsp3) is 0.583. The molecule has 0 saturated carbocycles. The second-order valence-electron chi connectivity index (χ2n) is 4.23. The van der Waals surface area contributed by atoms with Gasteiger partial charge in [0.2, 0.25) is 5.95 Å². The van der Waals surface area contributed by atoms with Gasteiger partial charge in [-0.05, 0) is 6.54 Å². The molecule has 0 atom stereocenters. The van der Waals surface area contributed by atoms with Crippen LogP contribution in [0.3, 0.4) is 0 Å². The van der Waals surface area contributed by atoms with E-state index in [0.29, 0.717) is 12.5 Å². The highest BCUT2D eigenvalue weighted by Gasteiger charge is 2.18. The van der Waals surface area contributed by atoms with Crippen molar-refractivity contribution < 1.29 is 0 Å². The zero-order chi connectivity index (χ0) is 12.8. The lowest BCUT2D eigenvalue weighted by molar-refractivity contribution is 0.269. The van der Waals surface area contributed by atoms with Gasteiger partial charge in [0, 0.05) is 32.7 Å². The zero-order valence-corrected chi connectivity index (χ0v) is 10.8. The molecule has 0 bridgehead atoms. The number of hydrogen-bond donors (Lipinski definition) is 1. The van der Waals surface area contributed by atoms with E-state index in [2.05, 4.69) is 43.8 Å². The van der Waals surface area contributed by atoms with Gasteiger partial charge in [0.05, 0.1) is 6.20 Å². The Morgan fingerprint density at radius 1 is 1.39 bits per heavy atom. The van der Waals surface area contributed by atoms with E-state index in [0.717, 1.165) is 38.5 Å². The number of nitrogens with zero attached hydrogens (tertiary/aromatic N) is 5. The van der Waals surface area contributed by atoms with Crippen molar-refractivity contribution in [3.63, 3.8) is 0 Å². The van der Waals surface area contributed by atoms with Crippen LogP contribution in [-0.2, 0) is 0 Å². The largest absolute Gasteiger partial charge is 0.365 e. The van der Waals surface area contributed by atoms with E-state index in [1.54, 1.807) is 12.3 Å². The number of hydrogen-bond acceptors (Lipinski definition) is 6. The van der Waals surface area contributed by atoms with Gasteiger partial charge in [-0.25, -0.2) is 0 Å². The fourth-order valence-corrected chi connectivity index (χ4v) is 1.95. The van der Waals surface area contributed by atoms with Crippen LogP contribution in [-0.4, -0.2) is 59.3 Å². The Morgan fingerprint density at radius 3 is 2.83 bits per heavy atom. The molecule has 0 aromatic carbocycles. The quantitative estimate of drug-likeness (QED) is 0.771. The summed E-state index contributed by atoms with van der Waals surface area (Å²) in [6, 6.07) is 0. The third kappa shape index (κ3) is 3.16. The molecule has 1 N–H and O–H groups in total. The minimum Gasteiger partial charge on any atom is -0.365 e. The molecule has 6 nitrogen and oxygen atoms in total. The van der Waals surface area contributed by atoms with E-state index in [1.165, 1.54) is 0 Å². The minimum atomic E-state index is 0.682. The van der Waals surface area contributed by atoms with E-state index in [-0.39, 0.29) is 0 Å².